The molecule has 8 heteroatoms. The number of rotatable bonds is 7. The molecule has 0 aliphatic rings. The Labute approximate surface area is 156 Å². The molecule has 146 valence electrons. The Morgan fingerprint density at radius 3 is 2.15 bits per heavy atom. The molecule has 1 unspecified atom stereocenters. The van der Waals surface area contributed by atoms with E-state index in [1.807, 2.05) is 0 Å². The predicted octanol–water partition coefficient (Wildman–Crippen LogP) is 2.37. The summed E-state index contributed by atoms with van der Waals surface area (Å²) >= 11 is 0. The molecule has 0 spiro atoms. The first-order chi connectivity index (χ1) is 12.9. The van der Waals surface area contributed by atoms with Gasteiger partial charge in [-0.1, -0.05) is 0 Å². The van der Waals surface area contributed by atoms with Crippen molar-refractivity contribution in [2.75, 3.05) is 28.4 Å². The van der Waals surface area contributed by atoms with E-state index in [-0.39, 0.29) is 12.2 Å². The highest BCUT2D eigenvalue weighted by molar-refractivity contribution is 5.71. The maximum atomic E-state index is 12.0. The van der Waals surface area contributed by atoms with Gasteiger partial charge in [0.2, 0.25) is 16.9 Å². The van der Waals surface area contributed by atoms with Gasteiger partial charge in [0, 0.05) is 6.07 Å². The minimum absolute atomic E-state index is 0.0420. The van der Waals surface area contributed by atoms with Crippen LogP contribution in [0.15, 0.2) is 27.4 Å². The van der Waals surface area contributed by atoms with E-state index in [1.165, 1.54) is 34.5 Å². The van der Waals surface area contributed by atoms with Crippen LogP contribution in [0.1, 0.15) is 29.4 Å². The number of carbonyl (C=O) groups excluding carboxylic acids is 1. The van der Waals surface area contributed by atoms with Gasteiger partial charge in [-0.2, -0.15) is 0 Å². The van der Waals surface area contributed by atoms with Crippen molar-refractivity contribution < 1.29 is 33.3 Å². The van der Waals surface area contributed by atoms with Gasteiger partial charge >= 0.3 is 5.97 Å². The third kappa shape index (κ3) is 4.16. The van der Waals surface area contributed by atoms with Gasteiger partial charge in [0.15, 0.2) is 17.3 Å². The number of aromatic hydroxyl groups is 1. The number of hydrogen-bond acceptors (Lipinski definition) is 8. The third-order valence-corrected chi connectivity index (χ3v) is 4.08. The van der Waals surface area contributed by atoms with E-state index in [0.717, 1.165) is 0 Å². The van der Waals surface area contributed by atoms with Crippen LogP contribution in [0.2, 0.25) is 0 Å². The van der Waals surface area contributed by atoms with E-state index in [4.69, 9.17) is 23.4 Å². The van der Waals surface area contributed by atoms with Crippen molar-refractivity contribution in [2.24, 2.45) is 0 Å². The van der Waals surface area contributed by atoms with E-state index >= 15 is 0 Å². The van der Waals surface area contributed by atoms with Gasteiger partial charge in [-0.25, -0.2) is 0 Å². The van der Waals surface area contributed by atoms with Gasteiger partial charge in [0.25, 0.3) is 0 Å². The Morgan fingerprint density at radius 1 is 1.07 bits per heavy atom. The number of hydrogen-bond donors (Lipinski definition) is 1. The van der Waals surface area contributed by atoms with Crippen molar-refractivity contribution in [3.8, 4) is 23.0 Å². The SMILES string of the molecule is COC(=O)CC(c1cc(OC)c(OC)c(OC)c1)c1oc(C)cc(=O)c1O. The monoisotopic (exact) mass is 378 g/mol. The Morgan fingerprint density at radius 2 is 1.67 bits per heavy atom. The maximum Gasteiger partial charge on any atom is 0.306 e. The van der Waals surface area contributed by atoms with Gasteiger partial charge in [-0.05, 0) is 24.6 Å². The topological polar surface area (TPSA) is 104 Å². The summed E-state index contributed by atoms with van der Waals surface area (Å²) in [6.45, 7) is 1.58. The van der Waals surface area contributed by atoms with Crippen molar-refractivity contribution in [3.63, 3.8) is 0 Å². The van der Waals surface area contributed by atoms with Gasteiger partial charge in [0.1, 0.15) is 5.76 Å². The second kappa shape index (κ2) is 8.48. The molecule has 1 atom stereocenters. The zero-order valence-corrected chi connectivity index (χ0v) is 15.8. The van der Waals surface area contributed by atoms with Gasteiger partial charge in [-0.3, -0.25) is 9.59 Å². The highest BCUT2D eigenvalue weighted by atomic mass is 16.5. The summed E-state index contributed by atoms with van der Waals surface area (Å²) in [5, 5.41) is 10.2. The normalized spacial score (nSPS) is 11.6. The second-order valence-corrected chi connectivity index (χ2v) is 5.73. The zero-order valence-electron chi connectivity index (χ0n) is 15.8. The molecule has 0 saturated carbocycles. The molecule has 1 N–H and O–H groups in total. The third-order valence-electron chi connectivity index (χ3n) is 4.08. The Hall–Kier alpha value is -3.16. The molecular formula is C19H22O8. The summed E-state index contributed by atoms with van der Waals surface area (Å²) < 4.78 is 26.3. The van der Waals surface area contributed by atoms with Crippen LogP contribution < -0.4 is 19.6 Å². The van der Waals surface area contributed by atoms with Crippen LogP contribution >= 0.6 is 0 Å². The summed E-state index contributed by atoms with van der Waals surface area (Å²) in [4.78, 5) is 24.0. The second-order valence-electron chi connectivity index (χ2n) is 5.73. The van der Waals surface area contributed by atoms with Crippen molar-refractivity contribution in [1.29, 1.82) is 0 Å². The first kappa shape index (κ1) is 20.2. The highest BCUT2D eigenvalue weighted by Gasteiger charge is 2.28. The standard InChI is InChI=1S/C19H22O8/c1-10-6-13(20)17(22)18(27-10)12(9-16(21)25-4)11-7-14(23-2)19(26-5)15(8-11)24-3/h6-8,12,22H,9H2,1-5H3. The Bertz CT molecular complexity index is 859. The number of methoxy groups -OCH3 is 4. The molecule has 0 radical (unpaired) electrons. The number of benzene rings is 1. The van der Waals surface area contributed by atoms with Crippen molar-refractivity contribution in [1.82, 2.24) is 0 Å². The van der Waals surface area contributed by atoms with Gasteiger partial charge in [0.05, 0.1) is 40.8 Å². The highest BCUT2D eigenvalue weighted by Crippen LogP contribution is 2.43. The first-order valence-electron chi connectivity index (χ1n) is 8.06. The van der Waals surface area contributed by atoms with Crippen molar-refractivity contribution >= 4 is 5.97 Å². The van der Waals surface area contributed by atoms with E-state index in [9.17, 15) is 14.7 Å². The van der Waals surface area contributed by atoms with Crippen LogP contribution in [0, 0.1) is 6.92 Å². The summed E-state index contributed by atoms with van der Waals surface area (Å²) in [6, 6.07) is 4.41. The van der Waals surface area contributed by atoms with E-state index in [2.05, 4.69) is 0 Å². The average Bonchev–Trinajstić information content (AvgIpc) is 2.67. The number of ether oxygens (including phenoxy) is 4. The molecule has 0 fully saturated rings. The Balaban J connectivity index is 2.72. The minimum Gasteiger partial charge on any atom is -0.502 e. The molecule has 2 rings (SSSR count). The van der Waals surface area contributed by atoms with Crippen LogP contribution in [0.4, 0.5) is 0 Å². The smallest absolute Gasteiger partial charge is 0.306 e. The first-order valence-corrected chi connectivity index (χ1v) is 8.06. The van der Waals surface area contributed by atoms with E-state index < -0.39 is 23.1 Å². The lowest BCUT2D eigenvalue weighted by Crippen LogP contribution is -2.14. The zero-order chi connectivity index (χ0) is 20.1. The number of esters is 1. The summed E-state index contributed by atoms with van der Waals surface area (Å²) in [6.07, 6.45) is -0.172. The molecule has 2 aromatic rings. The predicted molar refractivity (Wildman–Crippen MR) is 96.0 cm³/mol. The maximum absolute atomic E-state index is 12.0. The average molecular weight is 378 g/mol. The lowest BCUT2D eigenvalue weighted by molar-refractivity contribution is -0.140. The molecule has 1 heterocycles. The quantitative estimate of drug-likeness (QED) is 0.732. The minimum atomic E-state index is -0.807. The number of aryl methyl sites for hydroxylation is 1. The van der Waals surface area contributed by atoms with E-state index in [0.29, 0.717) is 28.6 Å². The molecule has 0 aliphatic heterocycles. The fourth-order valence-electron chi connectivity index (χ4n) is 2.78. The molecule has 8 nitrogen and oxygen atoms in total. The summed E-state index contributed by atoms with van der Waals surface area (Å²) in [5.74, 6) is -0.572. The molecule has 0 bridgehead atoms. The largest absolute Gasteiger partial charge is 0.502 e. The number of carbonyl (C=O) groups is 1. The van der Waals surface area contributed by atoms with Crippen LogP contribution in [-0.2, 0) is 9.53 Å². The fraction of sp³-hybridized carbons (Fsp3) is 0.368. The molecule has 0 amide bonds. The van der Waals surface area contributed by atoms with Crippen LogP contribution in [0.3, 0.4) is 0 Å². The molecule has 1 aromatic carbocycles. The lowest BCUT2D eigenvalue weighted by atomic mass is 9.91. The molecule has 1 aromatic heterocycles. The van der Waals surface area contributed by atoms with E-state index in [1.54, 1.807) is 19.1 Å². The molecule has 27 heavy (non-hydrogen) atoms. The van der Waals surface area contributed by atoms with Crippen LogP contribution in [0.5, 0.6) is 23.0 Å². The summed E-state index contributed by atoms with van der Waals surface area (Å²) in [7, 11) is 5.64. The fourth-order valence-corrected chi connectivity index (χ4v) is 2.78. The summed E-state index contributed by atoms with van der Waals surface area (Å²) in [5.41, 5.74) is -0.0880. The lowest BCUT2D eigenvalue weighted by Gasteiger charge is -2.20. The van der Waals surface area contributed by atoms with Crippen molar-refractivity contribution in [3.05, 3.63) is 45.5 Å². The van der Waals surface area contributed by atoms with Crippen LogP contribution in [0.25, 0.3) is 0 Å². The van der Waals surface area contributed by atoms with Crippen molar-refractivity contribution in [2.45, 2.75) is 19.3 Å². The molecular weight excluding hydrogens is 356 g/mol. The van der Waals surface area contributed by atoms with Gasteiger partial charge in [-0.15, -0.1) is 0 Å². The van der Waals surface area contributed by atoms with Crippen LogP contribution in [-0.4, -0.2) is 39.5 Å². The van der Waals surface area contributed by atoms with Gasteiger partial charge < -0.3 is 28.5 Å². The molecule has 0 aliphatic carbocycles. The Kier molecular flexibility index (Phi) is 6.33. The molecule has 0 saturated heterocycles.